The molecule has 0 N–H and O–H groups in total. The highest BCUT2D eigenvalue weighted by Crippen LogP contribution is 2.34. The highest BCUT2D eigenvalue weighted by atomic mass is 19.2. The fourth-order valence-electron chi connectivity index (χ4n) is 4.29. The zero-order chi connectivity index (χ0) is 23.4. The van der Waals surface area contributed by atoms with E-state index in [1.807, 2.05) is 31.2 Å². The van der Waals surface area contributed by atoms with Crippen molar-refractivity contribution in [1.29, 1.82) is 0 Å². The van der Waals surface area contributed by atoms with Crippen molar-refractivity contribution in [2.45, 2.75) is 38.7 Å². The number of allylic oxidation sites excluding steroid dienone is 1. The van der Waals surface area contributed by atoms with Gasteiger partial charge in [-0.3, -0.25) is 0 Å². The molecule has 4 rings (SSSR count). The van der Waals surface area contributed by atoms with Crippen molar-refractivity contribution >= 4 is 0 Å². The smallest absolute Gasteiger partial charge is 0.201 e. The van der Waals surface area contributed by atoms with E-state index in [2.05, 4.69) is 0 Å². The summed E-state index contributed by atoms with van der Waals surface area (Å²) in [5.74, 6) is -2.27. The molecule has 0 saturated carbocycles. The summed E-state index contributed by atoms with van der Waals surface area (Å²) in [7, 11) is 0. The van der Waals surface area contributed by atoms with Crippen molar-refractivity contribution in [3.63, 3.8) is 0 Å². The van der Waals surface area contributed by atoms with Gasteiger partial charge < -0.3 is 9.47 Å². The van der Waals surface area contributed by atoms with Crippen molar-refractivity contribution in [2.75, 3.05) is 13.2 Å². The van der Waals surface area contributed by atoms with Gasteiger partial charge in [0, 0.05) is 11.5 Å². The molecule has 172 valence electrons. The first-order valence-corrected chi connectivity index (χ1v) is 11.3. The van der Waals surface area contributed by atoms with Gasteiger partial charge in [-0.25, -0.2) is 8.78 Å². The van der Waals surface area contributed by atoms with Crippen LogP contribution in [0, 0.1) is 17.5 Å². The zero-order valence-corrected chi connectivity index (χ0v) is 18.8. The second kappa shape index (κ2) is 10.3. The van der Waals surface area contributed by atoms with Crippen molar-refractivity contribution in [3.8, 4) is 28.0 Å². The zero-order valence-electron chi connectivity index (χ0n) is 18.8. The van der Waals surface area contributed by atoms with Gasteiger partial charge in [0.25, 0.3) is 0 Å². The fourth-order valence-corrected chi connectivity index (χ4v) is 4.29. The third kappa shape index (κ3) is 4.98. The minimum atomic E-state index is -1.00. The molecular weight excluding hydrogens is 425 g/mol. The van der Waals surface area contributed by atoms with Gasteiger partial charge in [0.05, 0.1) is 19.3 Å². The van der Waals surface area contributed by atoms with Gasteiger partial charge >= 0.3 is 0 Å². The molecule has 0 aliphatic carbocycles. The summed E-state index contributed by atoms with van der Waals surface area (Å²) in [6.45, 7) is 4.43. The van der Waals surface area contributed by atoms with Gasteiger partial charge in [0.15, 0.2) is 11.6 Å². The number of rotatable bonds is 6. The molecule has 0 spiro atoms. The molecule has 1 heterocycles. The number of hydrogen-bond donors (Lipinski definition) is 0. The summed E-state index contributed by atoms with van der Waals surface area (Å²) >= 11 is 0. The van der Waals surface area contributed by atoms with E-state index >= 15 is 0 Å². The van der Waals surface area contributed by atoms with Gasteiger partial charge in [-0.15, -0.1) is 0 Å². The normalized spacial score (nSPS) is 18.6. The Morgan fingerprint density at radius 2 is 1.64 bits per heavy atom. The Hall–Kier alpha value is -3.05. The summed E-state index contributed by atoms with van der Waals surface area (Å²) in [5, 5.41) is 0. The van der Waals surface area contributed by atoms with Crippen molar-refractivity contribution in [3.05, 3.63) is 89.8 Å². The van der Waals surface area contributed by atoms with Crippen molar-refractivity contribution < 1.29 is 22.6 Å². The summed E-state index contributed by atoms with van der Waals surface area (Å²) in [6.07, 6.45) is 5.88. The SMILES string of the molecule is C/C=C/C1CCC(c2ccc(-c3ccc(-c4ccc(OCC)c(F)c4F)cc3)cc2F)CO1. The second-order valence-electron chi connectivity index (χ2n) is 8.16. The largest absolute Gasteiger partial charge is 0.491 e. The average Bonchev–Trinajstić information content (AvgIpc) is 2.83. The van der Waals surface area contributed by atoms with Crippen LogP contribution in [0.4, 0.5) is 13.2 Å². The maximum absolute atomic E-state index is 14.9. The Bertz CT molecular complexity index is 1130. The van der Waals surface area contributed by atoms with E-state index in [0.29, 0.717) is 17.7 Å². The molecule has 3 aromatic carbocycles. The van der Waals surface area contributed by atoms with Crippen LogP contribution in [0.2, 0.25) is 0 Å². The minimum absolute atomic E-state index is 0.0421. The lowest BCUT2D eigenvalue weighted by atomic mass is 9.89. The third-order valence-corrected chi connectivity index (χ3v) is 6.03. The van der Waals surface area contributed by atoms with E-state index < -0.39 is 11.6 Å². The summed E-state index contributed by atoms with van der Waals surface area (Å²) < 4.78 is 54.6. The monoisotopic (exact) mass is 452 g/mol. The molecule has 0 aromatic heterocycles. The van der Waals surface area contributed by atoms with Crippen LogP contribution in [0.3, 0.4) is 0 Å². The summed E-state index contributed by atoms with van der Waals surface area (Å²) in [6, 6.07) is 15.1. The Morgan fingerprint density at radius 3 is 2.27 bits per heavy atom. The highest BCUT2D eigenvalue weighted by molar-refractivity contribution is 5.71. The van der Waals surface area contributed by atoms with E-state index in [1.54, 1.807) is 31.2 Å². The van der Waals surface area contributed by atoms with E-state index in [9.17, 15) is 13.2 Å². The number of ether oxygens (including phenoxy) is 2. The first kappa shape index (κ1) is 23.1. The molecule has 2 atom stereocenters. The lowest BCUT2D eigenvalue weighted by Gasteiger charge is -2.28. The maximum atomic E-state index is 14.9. The molecule has 3 aromatic rings. The number of benzene rings is 3. The predicted molar refractivity (Wildman–Crippen MR) is 125 cm³/mol. The number of hydrogen-bond acceptors (Lipinski definition) is 2. The molecule has 1 fully saturated rings. The minimum Gasteiger partial charge on any atom is -0.491 e. The maximum Gasteiger partial charge on any atom is 0.201 e. The highest BCUT2D eigenvalue weighted by Gasteiger charge is 2.24. The molecule has 0 amide bonds. The Labute approximate surface area is 192 Å². The number of halogens is 3. The molecule has 1 aliphatic heterocycles. The third-order valence-electron chi connectivity index (χ3n) is 6.03. The molecule has 33 heavy (non-hydrogen) atoms. The molecule has 2 nitrogen and oxygen atoms in total. The lowest BCUT2D eigenvalue weighted by Crippen LogP contribution is -2.23. The van der Waals surface area contributed by atoms with Crippen LogP contribution in [-0.2, 0) is 4.74 Å². The molecule has 5 heteroatoms. The van der Waals surface area contributed by atoms with Gasteiger partial charge in [-0.1, -0.05) is 48.6 Å². The molecule has 1 aliphatic rings. The second-order valence-corrected chi connectivity index (χ2v) is 8.16. The van der Waals surface area contributed by atoms with E-state index in [-0.39, 0.29) is 35.8 Å². The van der Waals surface area contributed by atoms with Gasteiger partial charge in [-0.05, 0) is 67.1 Å². The Balaban J connectivity index is 1.52. The fraction of sp³-hybridized carbons (Fsp3) is 0.286. The molecular formula is C28H27F3O2. The quantitative estimate of drug-likeness (QED) is 0.357. The standard InChI is InChI=1S/C28H27F3O2/c1-3-5-22-12-10-21(17-33-22)23-13-11-20(16-25(23)29)18-6-8-19(9-7-18)24-14-15-26(32-4-2)28(31)27(24)30/h3,5-9,11,13-16,21-22H,4,10,12,17H2,1-2H3/b5-3+. The van der Waals surface area contributed by atoms with Crippen LogP contribution < -0.4 is 4.74 Å². The van der Waals surface area contributed by atoms with E-state index in [4.69, 9.17) is 9.47 Å². The molecule has 0 radical (unpaired) electrons. The van der Waals surface area contributed by atoms with E-state index in [0.717, 1.165) is 24.0 Å². The molecule has 1 saturated heterocycles. The van der Waals surface area contributed by atoms with Crippen molar-refractivity contribution in [2.24, 2.45) is 0 Å². The Kier molecular flexibility index (Phi) is 7.19. The van der Waals surface area contributed by atoms with Gasteiger partial charge in [0.1, 0.15) is 5.82 Å². The molecule has 0 bridgehead atoms. The predicted octanol–water partition coefficient (Wildman–Crippen LogP) is 7.68. The van der Waals surface area contributed by atoms with Crippen LogP contribution in [0.15, 0.2) is 66.7 Å². The first-order chi connectivity index (χ1) is 16.0. The van der Waals surface area contributed by atoms with Gasteiger partial charge in [-0.2, -0.15) is 4.39 Å². The summed E-state index contributed by atoms with van der Waals surface area (Å²) in [5.41, 5.74) is 2.87. The van der Waals surface area contributed by atoms with E-state index in [1.165, 1.54) is 18.2 Å². The molecule has 2 unspecified atom stereocenters. The van der Waals surface area contributed by atoms with Crippen LogP contribution >= 0.6 is 0 Å². The first-order valence-electron chi connectivity index (χ1n) is 11.3. The lowest BCUT2D eigenvalue weighted by molar-refractivity contribution is 0.0319. The van der Waals surface area contributed by atoms with Crippen LogP contribution in [0.5, 0.6) is 5.75 Å². The Morgan fingerprint density at radius 1 is 0.909 bits per heavy atom. The van der Waals surface area contributed by atoms with Gasteiger partial charge in [0.2, 0.25) is 5.82 Å². The topological polar surface area (TPSA) is 18.5 Å². The summed E-state index contributed by atoms with van der Waals surface area (Å²) in [4.78, 5) is 0. The van der Waals surface area contributed by atoms with Crippen LogP contribution in [0.1, 0.15) is 38.2 Å². The van der Waals surface area contributed by atoms with Crippen LogP contribution in [-0.4, -0.2) is 19.3 Å². The van der Waals surface area contributed by atoms with Crippen LogP contribution in [0.25, 0.3) is 22.3 Å². The average molecular weight is 453 g/mol. The van der Waals surface area contributed by atoms with Crippen molar-refractivity contribution in [1.82, 2.24) is 0 Å².